The summed E-state index contributed by atoms with van der Waals surface area (Å²) in [6, 6.07) is 10.2. The van der Waals surface area contributed by atoms with Crippen molar-refractivity contribution < 1.29 is 31.6 Å². The molecule has 4 rings (SSSR count). The lowest BCUT2D eigenvalue weighted by molar-refractivity contribution is -0.119. The number of halogens is 1. The fraction of sp³-hybridized carbons (Fsp3) is 0.259. The summed E-state index contributed by atoms with van der Waals surface area (Å²) in [5.74, 6) is -1.62. The van der Waals surface area contributed by atoms with Crippen molar-refractivity contribution in [3.8, 4) is 17.6 Å². The number of hydrogen-bond acceptors (Lipinski definition) is 9. The zero-order valence-corrected chi connectivity index (χ0v) is 23.1. The van der Waals surface area contributed by atoms with E-state index in [2.05, 4.69) is 26.9 Å². The fourth-order valence-electron chi connectivity index (χ4n) is 3.95. The molecule has 0 atom stereocenters. The molecule has 12 nitrogen and oxygen atoms in total. The van der Waals surface area contributed by atoms with Gasteiger partial charge in [0.1, 0.15) is 28.4 Å². The third-order valence-electron chi connectivity index (χ3n) is 5.96. The molecule has 0 spiro atoms. The number of carbonyl (C=O) groups excluding carboxylic acids is 1. The minimum absolute atomic E-state index is 0.0355. The van der Waals surface area contributed by atoms with E-state index in [0.29, 0.717) is 28.7 Å². The lowest BCUT2D eigenvalue weighted by atomic mass is 10.1. The van der Waals surface area contributed by atoms with Gasteiger partial charge in [0.05, 0.1) is 32.3 Å². The predicted molar refractivity (Wildman–Crippen MR) is 146 cm³/mol. The molecule has 0 saturated carbocycles. The number of nitriles is 1. The van der Waals surface area contributed by atoms with Gasteiger partial charge in [0.25, 0.3) is 15.9 Å². The maximum absolute atomic E-state index is 13.5. The van der Waals surface area contributed by atoms with E-state index < -0.39 is 21.8 Å². The van der Waals surface area contributed by atoms with Crippen LogP contribution in [-0.2, 0) is 34.3 Å². The second kappa shape index (κ2) is 12.5. The van der Waals surface area contributed by atoms with Crippen LogP contribution < -0.4 is 19.5 Å². The Kier molecular flexibility index (Phi) is 8.88. The van der Waals surface area contributed by atoms with E-state index >= 15 is 0 Å². The van der Waals surface area contributed by atoms with Crippen molar-refractivity contribution >= 4 is 32.7 Å². The molecule has 14 heteroatoms. The van der Waals surface area contributed by atoms with Crippen molar-refractivity contribution in [2.75, 3.05) is 18.4 Å². The monoisotopic (exact) mass is 582 g/mol. The molecule has 0 fully saturated rings. The number of rotatable bonds is 13. The van der Waals surface area contributed by atoms with Gasteiger partial charge in [-0.2, -0.15) is 10.4 Å². The van der Waals surface area contributed by atoms with Crippen LogP contribution in [0.25, 0.3) is 11.0 Å². The second-order valence-electron chi connectivity index (χ2n) is 8.83. The van der Waals surface area contributed by atoms with Gasteiger partial charge in [0.15, 0.2) is 17.2 Å². The summed E-state index contributed by atoms with van der Waals surface area (Å²) in [6.45, 7) is 5.24. The van der Waals surface area contributed by atoms with Crippen LogP contribution in [0.1, 0.15) is 30.0 Å². The Morgan fingerprint density at radius 3 is 2.73 bits per heavy atom. The Morgan fingerprint density at radius 2 is 2.02 bits per heavy atom. The van der Waals surface area contributed by atoms with Crippen LogP contribution in [0.5, 0.6) is 11.5 Å². The lowest BCUT2D eigenvalue weighted by Crippen LogP contribution is -2.22. The van der Waals surface area contributed by atoms with Gasteiger partial charge in [-0.05, 0) is 41.8 Å². The molecule has 4 aromatic rings. The lowest BCUT2D eigenvalue weighted by Gasteiger charge is -2.13. The van der Waals surface area contributed by atoms with E-state index in [1.165, 1.54) is 19.4 Å². The maximum Gasteiger partial charge on any atom is 0.279 e. The highest BCUT2D eigenvalue weighted by Crippen LogP contribution is 2.36. The quantitative estimate of drug-likeness (QED) is 0.176. The number of anilines is 1. The molecule has 0 saturated heterocycles. The molecule has 0 unspecified atom stereocenters. The highest BCUT2D eigenvalue weighted by Gasteiger charge is 2.25. The minimum Gasteiger partial charge on any atom is -0.496 e. The highest BCUT2D eigenvalue weighted by atomic mass is 32.2. The largest absolute Gasteiger partial charge is 0.496 e. The first-order chi connectivity index (χ1) is 19.6. The number of ether oxygens (including phenoxy) is 2. The van der Waals surface area contributed by atoms with Crippen molar-refractivity contribution in [2.45, 2.75) is 37.8 Å². The van der Waals surface area contributed by atoms with E-state index in [1.807, 2.05) is 13.0 Å². The number of sulfonamides is 1. The van der Waals surface area contributed by atoms with Crippen LogP contribution >= 0.6 is 0 Å². The molecule has 2 N–H and O–H groups in total. The Morgan fingerprint density at radius 1 is 1.22 bits per heavy atom. The Bertz CT molecular complexity index is 1740. The van der Waals surface area contributed by atoms with Gasteiger partial charge in [0.2, 0.25) is 0 Å². The standard InChI is InChI=1S/C27H27FN6O6S/c1-4-18-6-7-21(39-9-5-8-29)24(12-18)41(36,37)33-26-25-22(38-3)10-19(11-23(25)40-32-26)15-34-16-20(14-31-34)13-30-27(35)17(2)28/h6-7,10-12,14,16H,2,4-5,9,13,15H2,1,3H3,(H,30,35)(H,32,33). The smallest absolute Gasteiger partial charge is 0.279 e. The minimum atomic E-state index is -4.18. The topological polar surface area (TPSA) is 161 Å². The van der Waals surface area contributed by atoms with Gasteiger partial charge in [-0.1, -0.05) is 24.7 Å². The van der Waals surface area contributed by atoms with Gasteiger partial charge >= 0.3 is 0 Å². The number of aryl methyl sites for hydroxylation is 1. The average molecular weight is 583 g/mol. The first-order valence-electron chi connectivity index (χ1n) is 12.4. The molecular formula is C27H27FN6O6S. The number of nitrogens with zero attached hydrogens (tertiary/aromatic N) is 4. The normalized spacial score (nSPS) is 11.2. The number of methoxy groups -OCH3 is 1. The summed E-state index contributed by atoms with van der Waals surface area (Å²) in [7, 11) is -2.75. The van der Waals surface area contributed by atoms with Crippen molar-refractivity contribution in [3.63, 3.8) is 0 Å². The molecular weight excluding hydrogens is 555 g/mol. The molecule has 0 aliphatic carbocycles. The van der Waals surface area contributed by atoms with Crippen LogP contribution in [0.3, 0.4) is 0 Å². The van der Waals surface area contributed by atoms with E-state index in [9.17, 15) is 17.6 Å². The van der Waals surface area contributed by atoms with Crippen molar-refractivity contribution in [3.05, 3.63) is 71.8 Å². The summed E-state index contributed by atoms with van der Waals surface area (Å²) in [6.07, 6.45) is 3.91. The van der Waals surface area contributed by atoms with Gasteiger partial charge in [-0.3, -0.25) is 14.2 Å². The van der Waals surface area contributed by atoms with Crippen molar-refractivity contribution in [1.29, 1.82) is 5.26 Å². The van der Waals surface area contributed by atoms with E-state index in [-0.39, 0.29) is 48.2 Å². The maximum atomic E-state index is 13.5. The molecule has 0 bridgehead atoms. The molecule has 0 radical (unpaired) electrons. The number of nitrogens with one attached hydrogen (secondary N) is 2. The third-order valence-corrected chi connectivity index (χ3v) is 7.32. The summed E-state index contributed by atoms with van der Waals surface area (Å²) < 4.78 is 60.4. The van der Waals surface area contributed by atoms with Crippen molar-refractivity contribution in [1.82, 2.24) is 20.3 Å². The number of amides is 1. The van der Waals surface area contributed by atoms with E-state index in [4.69, 9.17) is 19.3 Å². The second-order valence-corrected chi connectivity index (χ2v) is 10.5. The molecule has 2 aromatic carbocycles. The van der Waals surface area contributed by atoms with Gasteiger partial charge in [-0.15, -0.1) is 0 Å². The Balaban J connectivity index is 1.59. The molecule has 1 amide bonds. The summed E-state index contributed by atoms with van der Waals surface area (Å²) >= 11 is 0. The van der Waals surface area contributed by atoms with Crippen LogP contribution in [0.2, 0.25) is 0 Å². The van der Waals surface area contributed by atoms with Crippen LogP contribution in [0, 0.1) is 11.3 Å². The van der Waals surface area contributed by atoms with Gasteiger partial charge in [0, 0.05) is 18.3 Å². The number of carbonyl (C=O) groups is 1. The zero-order valence-electron chi connectivity index (χ0n) is 22.3. The van der Waals surface area contributed by atoms with E-state index in [1.54, 1.807) is 35.1 Å². The number of aromatic nitrogens is 3. The predicted octanol–water partition coefficient (Wildman–Crippen LogP) is 3.84. The Hall–Kier alpha value is -4.90. The van der Waals surface area contributed by atoms with Crippen LogP contribution in [0.4, 0.5) is 10.2 Å². The SMILES string of the molecule is C=C(F)C(=O)NCc1cnn(Cc2cc(OC)c3c(NS(=O)(=O)c4cc(CC)ccc4OCCC#N)noc3c2)c1. The first-order valence-corrected chi connectivity index (χ1v) is 13.9. The van der Waals surface area contributed by atoms with Crippen LogP contribution in [0.15, 0.2) is 64.5 Å². The molecule has 2 aromatic heterocycles. The summed E-state index contributed by atoms with van der Waals surface area (Å²) in [4.78, 5) is 11.3. The number of fused-ring (bicyclic) bond motifs is 1. The van der Waals surface area contributed by atoms with Gasteiger partial charge in [-0.25, -0.2) is 12.8 Å². The van der Waals surface area contributed by atoms with Crippen LogP contribution in [-0.4, -0.2) is 43.0 Å². The molecule has 41 heavy (non-hydrogen) atoms. The molecule has 214 valence electrons. The summed E-state index contributed by atoms with van der Waals surface area (Å²) in [5.41, 5.74) is 2.40. The third kappa shape index (κ3) is 6.82. The molecule has 2 heterocycles. The Labute approximate surface area is 235 Å². The number of benzene rings is 2. The zero-order chi connectivity index (χ0) is 29.6. The van der Waals surface area contributed by atoms with Crippen molar-refractivity contribution in [2.24, 2.45) is 0 Å². The average Bonchev–Trinajstić information content (AvgIpc) is 3.57. The first kappa shape index (κ1) is 29.1. The molecule has 0 aliphatic heterocycles. The van der Waals surface area contributed by atoms with Gasteiger partial charge < -0.3 is 19.3 Å². The highest BCUT2D eigenvalue weighted by molar-refractivity contribution is 7.92. The summed E-state index contributed by atoms with van der Waals surface area (Å²) in [5, 5.41) is 19.7. The number of hydrogen-bond donors (Lipinski definition) is 2. The molecule has 0 aliphatic rings. The fourth-order valence-corrected chi connectivity index (χ4v) is 5.15. The van der Waals surface area contributed by atoms with E-state index in [0.717, 1.165) is 5.56 Å².